The van der Waals surface area contributed by atoms with Gasteiger partial charge in [0.05, 0.1) is 34.0 Å². The minimum absolute atomic E-state index is 0.0870. The largest absolute Gasteiger partial charge is 0.493 e. The molecule has 0 atom stereocenters. The number of furan rings is 1. The second kappa shape index (κ2) is 8.69. The summed E-state index contributed by atoms with van der Waals surface area (Å²) in [7, 11) is 4.68. The summed E-state index contributed by atoms with van der Waals surface area (Å²) in [6, 6.07) is 9.74. The lowest BCUT2D eigenvalue weighted by atomic mass is 10.1. The van der Waals surface area contributed by atoms with Crippen LogP contribution in [0.5, 0.6) is 17.2 Å². The number of hydrogen-bond donors (Lipinski definition) is 1. The highest BCUT2D eigenvalue weighted by Gasteiger charge is 2.15. The molecule has 1 aromatic heterocycles. The standard InChI is InChI=1S/C22H25NO5/c1-5-14-6-7-17-16(13-28-18(17)8-14)11-21(24)23-12-15-9-19(25-2)22(27-4)20(10-15)26-3/h6-10,13H,5,11-12H2,1-4H3,(H,23,24). The lowest BCUT2D eigenvalue weighted by Crippen LogP contribution is -2.24. The fourth-order valence-electron chi connectivity index (χ4n) is 3.16. The second-order valence-electron chi connectivity index (χ2n) is 6.43. The molecule has 3 rings (SSSR count). The Kier molecular flexibility index (Phi) is 6.09. The van der Waals surface area contributed by atoms with Gasteiger partial charge in [0.2, 0.25) is 11.7 Å². The molecule has 0 bridgehead atoms. The molecule has 0 aliphatic carbocycles. The zero-order valence-electron chi connectivity index (χ0n) is 16.6. The van der Waals surface area contributed by atoms with Crippen molar-refractivity contribution in [3.63, 3.8) is 0 Å². The maximum Gasteiger partial charge on any atom is 0.224 e. The van der Waals surface area contributed by atoms with Crippen LogP contribution in [0.1, 0.15) is 23.6 Å². The van der Waals surface area contributed by atoms with E-state index in [1.54, 1.807) is 27.6 Å². The van der Waals surface area contributed by atoms with Crippen LogP contribution < -0.4 is 19.5 Å². The molecule has 148 valence electrons. The molecule has 1 amide bonds. The lowest BCUT2D eigenvalue weighted by Gasteiger charge is -2.14. The molecule has 0 saturated carbocycles. The maximum absolute atomic E-state index is 12.4. The Morgan fingerprint density at radius 3 is 2.32 bits per heavy atom. The van der Waals surface area contributed by atoms with Crippen LogP contribution in [-0.2, 0) is 24.2 Å². The Hall–Kier alpha value is -3.15. The normalized spacial score (nSPS) is 10.7. The topological polar surface area (TPSA) is 69.9 Å². The van der Waals surface area contributed by atoms with Gasteiger partial charge in [-0.3, -0.25) is 4.79 Å². The van der Waals surface area contributed by atoms with Crippen LogP contribution in [0.2, 0.25) is 0 Å². The zero-order valence-corrected chi connectivity index (χ0v) is 16.6. The van der Waals surface area contributed by atoms with Gasteiger partial charge in [0.25, 0.3) is 0 Å². The number of nitrogens with one attached hydrogen (secondary N) is 1. The average molecular weight is 383 g/mol. The van der Waals surface area contributed by atoms with Crippen LogP contribution in [0.3, 0.4) is 0 Å². The summed E-state index contributed by atoms with van der Waals surface area (Å²) >= 11 is 0. The monoisotopic (exact) mass is 383 g/mol. The number of carbonyl (C=O) groups excluding carboxylic acids is 1. The van der Waals surface area contributed by atoms with Gasteiger partial charge in [0.15, 0.2) is 11.5 Å². The highest BCUT2D eigenvalue weighted by Crippen LogP contribution is 2.38. The van der Waals surface area contributed by atoms with E-state index in [0.29, 0.717) is 23.8 Å². The van der Waals surface area contributed by atoms with Crippen molar-refractivity contribution in [2.75, 3.05) is 21.3 Å². The van der Waals surface area contributed by atoms with E-state index in [0.717, 1.165) is 28.5 Å². The van der Waals surface area contributed by atoms with E-state index in [1.807, 2.05) is 24.3 Å². The molecular formula is C22H25NO5. The lowest BCUT2D eigenvalue weighted by molar-refractivity contribution is -0.120. The Morgan fingerprint density at radius 2 is 1.71 bits per heavy atom. The summed E-state index contributed by atoms with van der Waals surface area (Å²) in [6.07, 6.45) is 2.85. The number of methoxy groups -OCH3 is 3. The van der Waals surface area contributed by atoms with Gasteiger partial charge < -0.3 is 23.9 Å². The van der Waals surface area contributed by atoms with E-state index >= 15 is 0 Å². The molecule has 0 saturated heterocycles. The van der Waals surface area contributed by atoms with Gasteiger partial charge in [-0.15, -0.1) is 0 Å². The number of benzene rings is 2. The predicted octanol–water partition coefficient (Wildman–Crippen LogP) is 3.88. The molecule has 0 aliphatic heterocycles. The highest BCUT2D eigenvalue weighted by atomic mass is 16.5. The first kappa shape index (κ1) is 19.6. The van der Waals surface area contributed by atoms with E-state index < -0.39 is 0 Å². The predicted molar refractivity (Wildman–Crippen MR) is 107 cm³/mol. The summed E-state index contributed by atoms with van der Waals surface area (Å²) in [6.45, 7) is 2.45. The molecule has 0 spiro atoms. The van der Waals surface area contributed by atoms with Gasteiger partial charge in [-0.05, 0) is 35.7 Å². The second-order valence-corrected chi connectivity index (χ2v) is 6.43. The van der Waals surface area contributed by atoms with Crippen molar-refractivity contribution >= 4 is 16.9 Å². The Labute approximate surface area is 164 Å². The minimum atomic E-state index is -0.0870. The fourth-order valence-corrected chi connectivity index (χ4v) is 3.16. The molecule has 6 heteroatoms. The summed E-state index contributed by atoms with van der Waals surface area (Å²) in [4.78, 5) is 12.4. The molecule has 2 aromatic carbocycles. The first-order valence-electron chi connectivity index (χ1n) is 9.14. The Bertz CT molecular complexity index is 951. The first-order chi connectivity index (χ1) is 13.6. The fraction of sp³-hybridized carbons (Fsp3) is 0.318. The van der Waals surface area contributed by atoms with Crippen molar-refractivity contribution in [1.82, 2.24) is 5.32 Å². The maximum atomic E-state index is 12.4. The number of hydrogen-bond acceptors (Lipinski definition) is 5. The summed E-state index contributed by atoms with van der Waals surface area (Å²) < 4.78 is 21.6. The third-order valence-electron chi connectivity index (χ3n) is 4.69. The van der Waals surface area contributed by atoms with Crippen LogP contribution in [0.15, 0.2) is 41.0 Å². The number of ether oxygens (including phenoxy) is 3. The molecule has 28 heavy (non-hydrogen) atoms. The molecule has 0 radical (unpaired) electrons. The highest BCUT2D eigenvalue weighted by molar-refractivity contribution is 5.88. The quantitative estimate of drug-likeness (QED) is 0.639. The van der Waals surface area contributed by atoms with Gasteiger partial charge in [0, 0.05) is 17.5 Å². The van der Waals surface area contributed by atoms with Gasteiger partial charge in [-0.2, -0.15) is 0 Å². The first-order valence-corrected chi connectivity index (χ1v) is 9.14. The van der Waals surface area contributed by atoms with Gasteiger partial charge in [0.1, 0.15) is 5.58 Å². The molecule has 6 nitrogen and oxygen atoms in total. The number of aryl methyl sites for hydroxylation is 1. The SMILES string of the molecule is CCc1ccc2c(CC(=O)NCc3cc(OC)c(OC)c(OC)c3)coc2c1. The third-order valence-corrected chi connectivity index (χ3v) is 4.69. The van der Waals surface area contributed by atoms with Crippen molar-refractivity contribution in [2.24, 2.45) is 0 Å². The van der Waals surface area contributed by atoms with E-state index in [1.165, 1.54) is 5.56 Å². The van der Waals surface area contributed by atoms with Crippen LogP contribution in [0, 0.1) is 0 Å². The van der Waals surface area contributed by atoms with Crippen LogP contribution in [0.25, 0.3) is 11.0 Å². The van der Waals surface area contributed by atoms with Gasteiger partial charge >= 0.3 is 0 Å². The number of carbonyl (C=O) groups is 1. The Morgan fingerprint density at radius 1 is 1.00 bits per heavy atom. The molecular weight excluding hydrogens is 358 g/mol. The molecule has 0 fully saturated rings. The number of rotatable bonds is 8. The van der Waals surface area contributed by atoms with E-state index in [4.69, 9.17) is 18.6 Å². The molecule has 0 unspecified atom stereocenters. The average Bonchev–Trinajstić information content (AvgIpc) is 3.12. The Balaban J connectivity index is 1.69. The zero-order chi connectivity index (χ0) is 20.1. The van der Waals surface area contributed by atoms with Crippen LogP contribution >= 0.6 is 0 Å². The molecule has 1 N–H and O–H groups in total. The minimum Gasteiger partial charge on any atom is -0.493 e. The molecule has 3 aromatic rings. The smallest absolute Gasteiger partial charge is 0.224 e. The molecule has 1 heterocycles. The number of fused-ring (bicyclic) bond motifs is 1. The van der Waals surface area contributed by atoms with Gasteiger partial charge in [-0.25, -0.2) is 0 Å². The van der Waals surface area contributed by atoms with Crippen LogP contribution in [-0.4, -0.2) is 27.2 Å². The van der Waals surface area contributed by atoms with Crippen molar-refractivity contribution in [1.29, 1.82) is 0 Å². The van der Waals surface area contributed by atoms with E-state index in [9.17, 15) is 4.79 Å². The third kappa shape index (κ3) is 4.06. The van der Waals surface area contributed by atoms with Crippen molar-refractivity contribution < 1.29 is 23.4 Å². The summed E-state index contributed by atoms with van der Waals surface area (Å²) in [5.74, 6) is 1.55. The van der Waals surface area contributed by atoms with Crippen molar-refractivity contribution in [3.8, 4) is 17.2 Å². The van der Waals surface area contributed by atoms with E-state index in [2.05, 4.69) is 18.3 Å². The number of amides is 1. The summed E-state index contributed by atoms with van der Waals surface area (Å²) in [5, 5.41) is 3.90. The van der Waals surface area contributed by atoms with Gasteiger partial charge in [-0.1, -0.05) is 19.1 Å². The van der Waals surface area contributed by atoms with E-state index in [-0.39, 0.29) is 12.3 Å². The summed E-state index contributed by atoms with van der Waals surface area (Å²) in [5.41, 5.74) is 3.75. The van der Waals surface area contributed by atoms with Crippen molar-refractivity contribution in [3.05, 3.63) is 53.3 Å². The van der Waals surface area contributed by atoms with Crippen LogP contribution in [0.4, 0.5) is 0 Å². The molecule has 0 aliphatic rings. The van der Waals surface area contributed by atoms with Crippen molar-refractivity contribution in [2.45, 2.75) is 26.3 Å².